The van der Waals surface area contributed by atoms with Crippen molar-refractivity contribution in [1.29, 1.82) is 0 Å². The second kappa shape index (κ2) is 4.83. The molecule has 2 nitrogen and oxygen atoms in total. The molecule has 2 rings (SSSR count). The van der Waals surface area contributed by atoms with Gasteiger partial charge in [0.25, 0.3) is 0 Å². The Labute approximate surface area is 102 Å². The van der Waals surface area contributed by atoms with Gasteiger partial charge in [0.1, 0.15) is 5.76 Å². The molecule has 0 aliphatic heterocycles. The number of unbranched alkanes of at least 4 members (excludes halogenated alkanes) is 1. The van der Waals surface area contributed by atoms with Crippen molar-refractivity contribution in [3.8, 4) is 0 Å². The SMILES string of the molecule is CCCCc1oc(=O)c2ccccc2c1Br. The maximum atomic E-state index is 11.7. The van der Waals surface area contributed by atoms with Gasteiger partial charge in [-0.3, -0.25) is 0 Å². The monoisotopic (exact) mass is 280 g/mol. The highest BCUT2D eigenvalue weighted by Crippen LogP contribution is 2.26. The fourth-order valence-electron chi connectivity index (χ4n) is 1.71. The molecule has 0 saturated heterocycles. The van der Waals surface area contributed by atoms with Gasteiger partial charge < -0.3 is 4.42 Å². The van der Waals surface area contributed by atoms with Crippen LogP contribution in [0.4, 0.5) is 0 Å². The van der Waals surface area contributed by atoms with E-state index in [0.717, 1.165) is 34.9 Å². The van der Waals surface area contributed by atoms with E-state index in [-0.39, 0.29) is 5.63 Å². The number of halogens is 1. The molecule has 0 radical (unpaired) electrons. The van der Waals surface area contributed by atoms with Crippen LogP contribution in [0.3, 0.4) is 0 Å². The number of aryl methyl sites for hydroxylation is 1. The molecule has 1 aromatic heterocycles. The van der Waals surface area contributed by atoms with Crippen molar-refractivity contribution in [2.45, 2.75) is 26.2 Å². The molecule has 0 spiro atoms. The lowest BCUT2D eigenvalue weighted by molar-refractivity contribution is 0.456. The van der Waals surface area contributed by atoms with Crippen LogP contribution in [0.15, 0.2) is 37.9 Å². The fourth-order valence-corrected chi connectivity index (χ4v) is 2.34. The standard InChI is InChI=1S/C13H13BrO2/c1-2-3-8-11-12(14)9-6-4-5-7-10(9)13(15)16-11/h4-7H,2-3,8H2,1H3. The molecule has 0 atom stereocenters. The quantitative estimate of drug-likeness (QED) is 0.854. The van der Waals surface area contributed by atoms with E-state index in [1.165, 1.54) is 0 Å². The Morgan fingerprint density at radius 2 is 1.94 bits per heavy atom. The average Bonchev–Trinajstić information content (AvgIpc) is 2.32. The molecular weight excluding hydrogens is 268 g/mol. The lowest BCUT2D eigenvalue weighted by Crippen LogP contribution is -2.03. The molecule has 3 heteroatoms. The molecule has 84 valence electrons. The number of hydrogen-bond acceptors (Lipinski definition) is 2. The molecule has 0 unspecified atom stereocenters. The van der Waals surface area contributed by atoms with Gasteiger partial charge in [0, 0.05) is 11.8 Å². The summed E-state index contributed by atoms with van der Waals surface area (Å²) in [5, 5.41) is 1.57. The summed E-state index contributed by atoms with van der Waals surface area (Å²) in [7, 11) is 0. The van der Waals surface area contributed by atoms with Crippen LogP contribution in [0, 0.1) is 0 Å². The normalized spacial score (nSPS) is 10.9. The van der Waals surface area contributed by atoms with Crippen molar-refractivity contribution >= 4 is 26.7 Å². The third kappa shape index (κ3) is 2.05. The van der Waals surface area contributed by atoms with Crippen LogP contribution in [0.5, 0.6) is 0 Å². The average molecular weight is 281 g/mol. The molecule has 0 fully saturated rings. The van der Waals surface area contributed by atoms with Gasteiger partial charge in [-0.15, -0.1) is 0 Å². The van der Waals surface area contributed by atoms with E-state index in [2.05, 4.69) is 22.9 Å². The Bertz CT molecular complexity index is 557. The van der Waals surface area contributed by atoms with Crippen LogP contribution in [-0.2, 0) is 6.42 Å². The highest BCUT2D eigenvalue weighted by molar-refractivity contribution is 9.10. The Morgan fingerprint density at radius 3 is 2.62 bits per heavy atom. The summed E-state index contributed by atoms with van der Waals surface area (Å²) in [6.45, 7) is 2.12. The van der Waals surface area contributed by atoms with Crippen molar-refractivity contribution in [3.63, 3.8) is 0 Å². The minimum absolute atomic E-state index is 0.245. The van der Waals surface area contributed by atoms with Crippen LogP contribution in [-0.4, -0.2) is 0 Å². The maximum Gasteiger partial charge on any atom is 0.343 e. The van der Waals surface area contributed by atoms with Gasteiger partial charge in [-0.1, -0.05) is 31.5 Å². The molecule has 1 aromatic carbocycles. The van der Waals surface area contributed by atoms with Crippen LogP contribution < -0.4 is 5.63 Å². The largest absolute Gasteiger partial charge is 0.426 e. The fraction of sp³-hybridized carbons (Fsp3) is 0.308. The predicted octanol–water partition coefficient (Wildman–Crippen LogP) is 3.90. The van der Waals surface area contributed by atoms with E-state index in [4.69, 9.17) is 4.42 Å². The Kier molecular flexibility index (Phi) is 3.44. The van der Waals surface area contributed by atoms with Crippen LogP contribution in [0.25, 0.3) is 10.8 Å². The maximum absolute atomic E-state index is 11.7. The van der Waals surface area contributed by atoms with E-state index in [1.54, 1.807) is 6.07 Å². The minimum atomic E-state index is -0.245. The van der Waals surface area contributed by atoms with Crippen molar-refractivity contribution in [2.24, 2.45) is 0 Å². The second-order valence-electron chi connectivity index (χ2n) is 3.78. The molecule has 0 amide bonds. The first kappa shape index (κ1) is 11.4. The van der Waals surface area contributed by atoms with Gasteiger partial charge in [0.15, 0.2) is 0 Å². The van der Waals surface area contributed by atoms with Crippen LogP contribution >= 0.6 is 15.9 Å². The summed E-state index contributed by atoms with van der Waals surface area (Å²) in [6, 6.07) is 7.49. The van der Waals surface area contributed by atoms with Gasteiger partial charge in [0.05, 0.1) is 9.86 Å². The molecule has 0 bridgehead atoms. The van der Waals surface area contributed by atoms with Crippen molar-refractivity contribution in [3.05, 3.63) is 44.9 Å². The first-order valence-corrected chi connectivity index (χ1v) is 6.23. The van der Waals surface area contributed by atoms with Crippen molar-refractivity contribution < 1.29 is 4.42 Å². The highest BCUT2D eigenvalue weighted by atomic mass is 79.9. The second-order valence-corrected chi connectivity index (χ2v) is 4.57. The molecule has 0 N–H and O–H groups in total. The summed E-state index contributed by atoms with van der Waals surface area (Å²) in [4.78, 5) is 11.7. The molecule has 0 saturated carbocycles. The third-order valence-electron chi connectivity index (χ3n) is 2.60. The minimum Gasteiger partial charge on any atom is -0.426 e. The predicted molar refractivity (Wildman–Crippen MR) is 68.8 cm³/mol. The van der Waals surface area contributed by atoms with E-state index in [1.807, 2.05) is 18.2 Å². The number of rotatable bonds is 3. The first-order chi connectivity index (χ1) is 7.74. The summed E-state index contributed by atoms with van der Waals surface area (Å²) in [6.07, 6.45) is 2.92. The zero-order valence-electron chi connectivity index (χ0n) is 9.13. The van der Waals surface area contributed by atoms with Gasteiger partial charge in [-0.25, -0.2) is 4.79 Å². The lowest BCUT2D eigenvalue weighted by Gasteiger charge is -2.05. The van der Waals surface area contributed by atoms with Crippen LogP contribution in [0.2, 0.25) is 0 Å². The number of hydrogen-bond donors (Lipinski definition) is 0. The third-order valence-corrected chi connectivity index (χ3v) is 3.47. The zero-order valence-corrected chi connectivity index (χ0v) is 10.7. The summed E-state index contributed by atoms with van der Waals surface area (Å²) >= 11 is 3.51. The summed E-state index contributed by atoms with van der Waals surface area (Å²) < 4.78 is 6.23. The highest BCUT2D eigenvalue weighted by Gasteiger charge is 2.10. The summed E-state index contributed by atoms with van der Waals surface area (Å²) in [5.74, 6) is 0.755. The van der Waals surface area contributed by atoms with Gasteiger partial charge in [-0.05, 0) is 28.4 Å². The smallest absolute Gasteiger partial charge is 0.343 e. The first-order valence-electron chi connectivity index (χ1n) is 5.44. The zero-order chi connectivity index (χ0) is 11.5. The molecule has 0 aliphatic rings. The Hall–Kier alpha value is -1.09. The lowest BCUT2D eigenvalue weighted by atomic mass is 10.1. The van der Waals surface area contributed by atoms with Crippen LogP contribution in [0.1, 0.15) is 25.5 Å². The van der Waals surface area contributed by atoms with Crippen molar-refractivity contribution in [1.82, 2.24) is 0 Å². The van der Waals surface area contributed by atoms with Gasteiger partial charge >= 0.3 is 5.63 Å². The summed E-state index contributed by atoms with van der Waals surface area (Å²) in [5.41, 5.74) is -0.245. The van der Waals surface area contributed by atoms with Gasteiger partial charge in [0.2, 0.25) is 0 Å². The number of benzene rings is 1. The Morgan fingerprint density at radius 1 is 1.25 bits per heavy atom. The Balaban J connectivity index is 2.61. The number of fused-ring (bicyclic) bond motifs is 1. The van der Waals surface area contributed by atoms with E-state index in [0.29, 0.717) is 5.39 Å². The van der Waals surface area contributed by atoms with Crippen molar-refractivity contribution in [2.75, 3.05) is 0 Å². The molecule has 2 aromatic rings. The molecule has 16 heavy (non-hydrogen) atoms. The van der Waals surface area contributed by atoms with Gasteiger partial charge in [-0.2, -0.15) is 0 Å². The van der Waals surface area contributed by atoms with E-state index in [9.17, 15) is 4.79 Å². The molecule has 1 heterocycles. The molecular formula is C13H13BrO2. The topological polar surface area (TPSA) is 30.2 Å². The molecule has 0 aliphatic carbocycles. The van der Waals surface area contributed by atoms with E-state index < -0.39 is 0 Å². The van der Waals surface area contributed by atoms with E-state index >= 15 is 0 Å².